The lowest BCUT2D eigenvalue weighted by atomic mass is 10.4. The molecule has 17 heavy (non-hydrogen) atoms. The van der Waals surface area contributed by atoms with Crippen molar-refractivity contribution in [3.05, 3.63) is 10.6 Å². The van der Waals surface area contributed by atoms with Gasteiger partial charge >= 0.3 is 5.97 Å². The maximum absolute atomic E-state index is 11.5. The summed E-state index contributed by atoms with van der Waals surface area (Å²) in [4.78, 5) is 27.1. The lowest BCUT2D eigenvalue weighted by Gasteiger charge is -2.02. The number of aryl methyl sites for hydroxylation is 1. The van der Waals surface area contributed by atoms with Crippen LogP contribution in [0.15, 0.2) is 0 Å². The molecular formula is C10H14N2O4S. The molecule has 2 N–H and O–H groups in total. The molecule has 1 amide bonds. The van der Waals surface area contributed by atoms with E-state index in [1.807, 2.05) is 0 Å². The molecule has 0 saturated heterocycles. The monoisotopic (exact) mass is 258 g/mol. The van der Waals surface area contributed by atoms with Gasteiger partial charge in [-0.3, -0.25) is 10.1 Å². The van der Waals surface area contributed by atoms with E-state index in [9.17, 15) is 9.59 Å². The number of aromatic nitrogens is 1. The lowest BCUT2D eigenvalue weighted by molar-refractivity contribution is -0.123. The first kappa shape index (κ1) is 13.6. The zero-order chi connectivity index (χ0) is 13.0. The van der Waals surface area contributed by atoms with Crippen LogP contribution in [0, 0.1) is 6.92 Å². The fourth-order valence-electron chi connectivity index (χ4n) is 1.05. The average molecular weight is 258 g/mol. The first-order chi connectivity index (χ1) is 7.95. The number of nitrogens with one attached hydrogen (secondary N) is 1. The number of hydrogen-bond acceptors (Lipinski definition) is 6. The molecule has 1 aromatic heterocycles. The Morgan fingerprint density at radius 3 is 2.76 bits per heavy atom. The molecule has 6 nitrogen and oxygen atoms in total. The second-order valence-corrected chi connectivity index (χ2v) is 4.32. The van der Waals surface area contributed by atoms with Crippen LogP contribution in [-0.4, -0.2) is 34.7 Å². The highest BCUT2D eigenvalue weighted by atomic mass is 32.1. The smallest absolute Gasteiger partial charge is 0.350 e. The summed E-state index contributed by atoms with van der Waals surface area (Å²) in [5.41, 5.74) is 0.495. The summed E-state index contributed by atoms with van der Waals surface area (Å²) in [5, 5.41) is 11.7. The van der Waals surface area contributed by atoms with Gasteiger partial charge in [-0.1, -0.05) is 11.3 Å². The highest BCUT2D eigenvalue weighted by Gasteiger charge is 2.18. The van der Waals surface area contributed by atoms with Crippen molar-refractivity contribution in [1.82, 2.24) is 4.98 Å². The molecule has 1 rings (SSSR count). The van der Waals surface area contributed by atoms with Crippen molar-refractivity contribution in [2.45, 2.75) is 26.9 Å². The lowest BCUT2D eigenvalue weighted by Crippen LogP contribution is -2.24. The Labute approximate surface area is 103 Å². The number of carbonyl (C=O) groups excluding carboxylic acids is 2. The predicted molar refractivity (Wildman–Crippen MR) is 63.1 cm³/mol. The maximum Gasteiger partial charge on any atom is 0.350 e. The fourth-order valence-corrected chi connectivity index (χ4v) is 1.91. The summed E-state index contributed by atoms with van der Waals surface area (Å²) in [6, 6.07) is 0. The molecule has 1 aromatic rings. The molecule has 1 unspecified atom stereocenters. The summed E-state index contributed by atoms with van der Waals surface area (Å²) in [7, 11) is 0. The molecule has 94 valence electrons. The van der Waals surface area contributed by atoms with Crippen LogP contribution >= 0.6 is 11.3 Å². The number of nitrogens with zero attached hydrogens (tertiary/aromatic N) is 1. The van der Waals surface area contributed by atoms with E-state index < -0.39 is 18.0 Å². The molecule has 0 fully saturated rings. The largest absolute Gasteiger partial charge is 0.462 e. The van der Waals surface area contributed by atoms with Crippen molar-refractivity contribution in [3.63, 3.8) is 0 Å². The van der Waals surface area contributed by atoms with Crippen LogP contribution in [0.3, 0.4) is 0 Å². The average Bonchev–Trinajstić information content (AvgIpc) is 2.59. The SMILES string of the molecule is CCOC(=O)c1sc(NC(=O)C(C)O)nc1C. The van der Waals surface area contributed by atoms with E-state index in [0.29, 0.717) is 10.6 Å². The summed E-state index contributed by atoms with van der Waals surface area (Å²) < 4.78 is 4.84. The minimum atomic E-state index is -1.12. The van der Waals surface area contributed by atoms with Gasteiger partial charge in [0.2, 0.25) is 0 Å². The third-order valence-electron chi connectivity index (χ3n) is 1.87. The van der Waals surface area contributed by atoms with Crippen molar-refractivity contribution in [1.29, 1.82) is 0 Å². The Balaban J connectivity index is 2.81. The Kier molecular flexibility index (Phi) is 4.59. The van der Waals surface area contributed by atoms with E-state index in [0.717, 1.165) is 11.3 Å². The van der Waals surface area contributed by atoms with Gasteiger partial charge in [0.05, 0.1) is 12.3 Å². The summed E-state index contributed by atoms with van der Waals surface area (Å²) in [5.74, 6) is -1.02. The van der Waals surface area contributed by atoms with Crippen molar-refractivity contribution < 1.29 is 19.4 Å². The van der Waals surface area contributed by atoms with Crippen molar-refractivity contribution in [2.24, 2.45) is 0 Å². The van der Waals surface area contributed by atoms with E-state index in [1.54, 1.807) is 13.8 Å². The molecule has 7 heteroatoms. The fraction of sp³-hybridized carbons (Fsp3) is 0.500. The van der Waals surface area contributed by atoms with E-state index in [-0.39, 0.29) is 11.7 Å². The number of ether oxygens (including phenoxy) is 1. The molecule has 0 spiro atoms. The Morgan fingerprint density at radius 2 is 2.24 bits per heavy atom. The zero-order valence-electron chi connectivity index (χ0n) is 9.81. The van der Waals surface area contributed by atoms with Gasteiger partial charge in [-0.15, -0.1) is 0 Å². The predicted octanol–water partition coefficient (Wildman–Crippen LogP) is 0.948. The van der Waals surface area contributed by atoms with Gasteiger partial charge in [-0.25, -0.2) is 9.78 Å². The quantitative estimate of drug-likeness (QED) is 0.785. The summed E-state index contributed by atoms with van der Waals surface area (Å²) in [6.45, 7) is 5.00. The van der Waals surface area contributed by atoms with Crippen molar-refractivity contribution in [2.75, 3.05) is 11.9 Å². The molecule has 0 aromatic carbocycles. The Bertz CT molecular complexity index is 428. The van der Waals surface area contributed by atoms with Gasteiger partial charge in [0.1, 0.15) is 11.0 Å². The van der Waals surface area contributed by atoms with E-state index in [2.05, 4.69) is 10.3 Å². The standard InChI is InChI=1S/C10H14N2O4S/c1-4-16-9(15)7-5(2)11-10(17-7)12-8(14)6(3)13/h6,13H,4H2,1-3H3,(H,11,12,14). The number of rotatable bonds is 4. The Morgan fingerprint density at radius 1 is 1.59 bits per heavy atom. The molecule has 1 heterocycles. The number of amides is 1. The number of esters is 1. The molecule has 0 aliphatic carbocycles. The highest BCUT2D eigenvalue weighted by Crippen LogP contribution is 2.23. The third kappa shape index (κ3) is 3.50. The van der Waals surface area contributed by atoms with Gasteiger partial charge in [0, 0.05) is 0 Å². The van der Waals surface area contributed by atoms with Gasteiger partial charge < -0.3 is 9.84 Å². The van der Waals surface area contributed by atoms with E-state index in [4.69, 9.17) is 9.84 Å². The molecule has 0 aliphatic heterocycles. The van der Waals surface area contributed by atoms with Crippen LogP contribution in [0.5, 0.6) is 0 Å². The first-order valence-corrected chi connectivity index (χ1v) is 5.90. The normalized spacial score (nSPS) is 12.0. The topological polar surface area (TPSA) is 88.5 Å². The number of hydrogen-bond donors (Lipinski definition) is 2. The van der Waals surface area contributed by atoms with Gasteiger partial charge in [0.15, 0.2) is 5.13 Å². The first-order valence-electron chi connectivity index (χ1n) is 5.09. The third-order valence-corrected chi connectivity index (χ3v) is 2.92. The van der Waals surface area contributed by atoms with Crippen molar-refractivity contribution >= 4 is 28.3 Å². The number of thiazole rings is 1. The number of anilines is 1. The van der Waals surface area contributed by atoms with Crippen LogP contribution in [-0.2, 0) is 9.53 Å². The molecular weight excluding hydrogens is 244 g/mol. The van der Waals surface area contributed by atoms with Crippen LogP contribution < -0.4 is 5.32 Å². The Hall–Kier alpha value is -1.47. The maximum atomic E-state index is 11.5. The van der Waals surface area contributed by atoms with Crippen LogP contribution in [0.1, 0.15) is 29.2 Å². The van der Waals surface area contributed by atoms with E-state index in [1.165, 1.54) is 6.92 Å². The second-order valence-electron chi connectivity index (χ2n) is 3.32. The molecule has 0 bridgehead atoms. The van der Waals surface area contributed by atoms with Gasteiger partial charge in [0.25, 0.3) is 5.91 Å². The van der Waals surface area contributed by atoms with Gasteiger partial charge in [-0.05, 0) is 20.8 Å². The molecule has 0 saturated carbocycles. The minimum Gasteiger partial charge on any atom is -0.462 e. The summed E-state index contributed by atoms with van der Waals surface area (Å²) >= 11 is 1.02. The second kappa shape index (κ2) is 5.74. The van der Waals surface area contributed by atoms with Crippen LogP contribution in [0.4, 0.5) is 5.13 Å². The van der Waals surface area contributed by atoms with Crippen LogP contribution in [0.25, 0.3) is 0 Å². The number of aliphatic hydroxyl groups excluding tert-OH is 1. The highest BCUT2D eigenvalue weighted by molar-refractivity contribution is 7.17. The molecule has 0 radical (unpaired) electrons. The van der Waals surface area contributed by atoms with Gasteiger partial charge in [-0.2, -0.15) is 0 Å². The molecule has 1 atom stereocenters. The molecule has 0 aliphatic rings. The number of aliphatic hydroxyl groups is 1. The number of carbonyl (C=O) groups is 2. The zero-order valence-corrected chi connectivity index (χ0v) is 10.6. The minimum absolute atomic E-state index is 0.274. The van der Waals surface area contributed by atoms with Crippen molar-refractivity contribution in [3.8, 4) is 0 Å². The van der Waals surface area contributed by atoms with E-state index >= 15 is 0 Å². The summed E-state index contributed by atoms with van der Waals surface area (Å²) in [6.07, 6.45) is -1.12. The van der Waals surface area contributed by atoms with Crippen LogP contribution in [0.2, 0.25) is 0 Å².